The molecule has 0 aliphatic heterocycles. The maximum absolute atomic E-state index is 6.18. The minimum Gasteiger partial charge on any atom is -0.353 e. The molecule has 0 unspecified atom stereocenters. The van der Waals surface area contributed by atoms with Crippen molar-refractivity contribution in [1.29, 1.82) is 0 Å². The quantitative estimate of drug-likeness (QED) is 0.846. The van der Waals surface area contributed by atoms with Crippen LogP contribution in [0.2, 0.25) is 5.02 Å². The molecule has 2 rings (SSSR count). The summed E-state index contributed by atoms with van der Waals surface area (Å²) >= 11 is 7.90. The molecule has 0 radical (unpaired) electrons. The highest BCUT2D eigenvalue weighted by atomic mass is 35.5. The average Bonchev–Trinajstić information content (AvgIpc) is 2.36. The highest BCUT2D eigenvalue weighted by molar-refractivity contribution is 8.00. The fraction of sp³-hybridized carbons (Fsp3) is 0.538. The van der Waals surface area contributed by atoms with E-state index in [4.69, 9.17) is 26.8 Å². The monoisotopic (exact) mass is 287 g/mol. The Hall–Kier alpha value is -0.260. The van der Waals surface area contributed by atoms with Crippen molar-refractivity contribution in [3.8, 4) is 0 Å². The standard InChI is InChI=1S/C13H18ClNO2S/c1-16-13(17-2)7-12(8-13,9-15)18-11-6-4-3-5-10(11)14/h3-6H,7-9,15H2,1-2H3. The van der Waals surface area contributed by atoms with Gasteiger partial charge >= 0.3 is 0 Å². The molecule has 0 heterocycles. The average molecular weight is 288 g/mol. The molecule has 3 nitrogen and oxygen atoms in total. The Kier molecular flexibility index (Phi) is 4.24. The second-order valence-electron chi connectivity index (χ2n) is 4.59. The maximum Gasteiger partial charge on any atom is 0.170 e. The Morgan fingerprint density at radius 1 is 1.28 bits per heavy atom. The fourth-order valence-corrected chi connectivity index (χ4v) is 4.02. The summed E-state index contributed by atoms with van der Waals surface area (Å²) in [5.74, 6) is -0.479. The lowest BCUT2D eigenvalue weighted by atomic mass is 9.77. The highest BCUT2D eigenvalue weighted by Crippen LogP contribution is 2.54. The molecule has 5 heteroatoms. The van der Waals surface area contributed by atoms with Crippen molar-refractivity contribution >= 4 is 23.4 Å². The largest absolute Gasteiger partial charge is 0.353 e. The van der Waals surface area contributed by atoms with Crippen molar-refractivity contribution in [2.24, 2.45) is 5.73 Å². The second-order valence-corrected chi connectivity index (χ2v) is 6.51. The van der Waals surface area contributed by atoms with Gasteiger partial charge in [-0.1, -0.05) is 23.7 Å². The van der Waals surface area contributed by atoms with E-state index in [2.05, 4.69) is 0 Å². The van der Waals surface area contributed by atoms with Crippen LogP contribution in [0.3, 0.4) is 0 Å². The van der Waals surface area contributed by atoms with E-state index in [1.165, 1.54) is 0 Å². The normalized spacial score (nSPS) is 20.4. The molecule has 100 valence electrons. The smallest absolute Gasteiger partial charge is 0.170 e. The number of hydrogen-bond donors (Lipinski definition) is 1. The first-order chi connectivity index (χ1) is 8.59. The Labute approximate surface area is 117 Å². The number of methoxy groups -OCH3 is 2. The van der Waals surface area contributed by atoms with E-state index in [1.807, 2.05) is 24.3 Å². The summed E-state index contributed by atoms with van der Waals surface area (Å²) in [4.78, 5) is 1.06. The third kappa shape index (κ3) is 2.53. The molecule has 0 saturated heterocycles. The van der Waals surface area contributed by atoms with Crippen LogP contribution in [0.15, 0.2) is 29.2 Å². The van der Waals surface area contributed by atoms with E-state index < -0.39 is 5.79 Å². The van der Waals surface area contributed by atoms with Gasteiger partial charge in [-0.25, -0.2) is 0 Å². The molecule has 1 aromatic carbocycles. The lowest BCUT2D eigenvalue weighted by molar-refractivity contribution is -0.260. The van der Waals surface area contributed by atoms with Crippen LogP contribution >= 0.6 is 23.4 Å². The number of rotatable bonds is 5. The summed E-state index contributed by atoms with van der Waals surface area (Å²) in [7, 11) is 3.34. The number of nitrogens with two attached hydrogens (primary N) is 1. The summed E-state index contributed by atoms with van der Waals surface area (Å²) in [6.07, 6.45) is 1.55. The molecule has 18 heavy (non-hydrogen) atoms. The van der Waals surface area contributed by atoms with E-state index >= 15 is 0 Å². The van der Waals surface area contributed by atoms with Crippen molar-refractivity contribution in [3.63, 3.8) is 0 Å². The van der Waals surface area contributed by atoms with Crippen LogP contribution in [-0.4, -0.2) is 31.3 Å². The molecule has 1 saturated carbocycles. The summed E-state index contributed by atoms with van der Waals surface area (Å²) in [5.41, 5.74) is 5.92. The van der Waals surface area contributed by atoms with Crippen LogP contribution in [0.25, 0.3) is 0 Å². The van der Waals surface area contributed by atoms with Gasteiger partial charge in [0.15, 0.2) is 5.79 Å². The van der Waals surface area contributed by atoms with Crippen LogP contribution in [0.1, 0.15) is 12.8 Å². The Bertz CT molecular complexity index is 415. The Morgan fingerprint density at radius 2 is 1.89 bits per heavy atom. The Balaban J connectivity index is 2.11. The summed E-state index contributed by atoms with van der Waals surface area (Å²) in [6, 6.07) is 7.82. The molecule has 0 spiro atoms. The number of ether oxygens (including phenoxy) is 2. The molecule has 1 aliphatic rings. The first-order valence-corrected chi connectivity index (χ1v) is 7.02. The number of hydrogen-bond acceptors (Lipinski definition) is 4. The minimum absolute atomic E-state index is 0.0446. The number of thioether (sulfide) groups is 1. The first-order valence-electron chi connectivity index (χ1n) is 5.83. The predicted octanol–water partition coefficient (Wildman–Crippen LogP) is 2.91. The van der Waals surface area contributed by atoms with Gasteiger partial charge in [0.05, 0.1) is 5.02 Å². The van der Waals surface area contributed by atoms with Gasteiger partial charge in [-0.3, -0.25) is 0 Å². The van der Waals surface area contributed by atoms with Gasteiger partial charge in [0.1, 0.15) is 0 Å². The van der Waals surface area contributed by atoms with E-state index in [0.717, 1.165) is 22.8 Å². The number of benzene rings is 1. The topological polar surface area (TPSA) is 44.5 Å². The predicted molar refractivity (Wildman–Crippen MR) is 75.1 cm³/mol. The molecule has 1 aliphatic carbocycles. The molecule has 1 aromatic rings. The summed E-state index contributed by atoms with van der Waals surface area (Å²) < 4.78 is 10.8. The van der Waals surface area contributed by atoms with Crippen molar-refractivity contribution in [2.45, 2.75) is 28.3 Å². The lowest BCUT2D eigenvalue weighted by Gasteiger charge is -2.53. The maximum atomic E-state index is 6.18. The first kappa shape index (κ1) is 14.2. The molecule has 0 amide bonds. The van der Waals surface area contributed by atoms with E-state index in [1.54, 1.807) is 26.0 Å². The van der Waals surface area contributed by atoms with Crippen LogP contribution < -0.4 is 5.73 Å². The molecule has 0 bridgehead atoms. The third-order valence-corrected chi connectivity index (χ3v) is 5.37. The van der Waals surface area contributed by atoms with Gasteiger partial charge < -0.3 is 15.2 Å². The van der Waals surface area contributed by atoms with Gasteiger partial charge in [0, 0.05) is 43.2 Å². The zero-order valence-electron chi connectivity index (χ0n) is 10.6. The second kappa shape index (κ2) is 5.39. The summed E-state index contributed by atoms with van der Waals surface area (Å²) in [6.45, 7) is 0.581. The molecule has 0 atom stereocenters. The van der Waals surface area contributed by atoms with Crippen molar-refractivity contribution < 1.29 is 9.47 Å². The van der Waals surface area contributed by atoms with Crippen LogP contribution in [0.5, 0.6) is 0 Å². The molecule has 0 aromatic heterocycles. The zero-order chi connectivity index (χ0) is 13.2. The van der Waals surface area contributed by atoms with Crippen molar-refractivity contribution in [3.05, 3.63) is 29.3 Å². The van der Waals surface area contributed by atoms with Gasteiger partial charge in [-0.2, -0.15) is 0 Å². The summed E-state index contributed by atoms with van der Waals surface area (Å²) in [5, 5.41) is 0.766. The highest BCUT2D eigenvalue weighted by Gasteiger charge is 2.56. The Morgan fingerprint density at radius 3 is 2.39 bits per heavy atom. The lowest BCUT2D eigenvalue weighted by Crippen LogP contribution is -2.60. The molecule has 1 fully saturated rings. The SMILES string of the molecule is COC1(OC)CC(CN)(Sc2ccccc2Cl)C1. The van der Waals surface area contributed by atoms with E-state index in [9.17, 15) is 0 Å². The van der Waals surface area contributed by atoms with Crippen molar-refractivity contribution in [2.75, 3.05) is 20.8 Å². The van der Waals surface area contributed by atoms with E-state index in [-0.39, 0.29) is 4.75 Å². The van der Waals surface area contributed by atoms with Gasteiger partial charge in [0.2, 0.25) is 0 Å². The molecule has 2 N–H and O–H groups in total. The number of halogens is 1. The van der Waals surface area contributed by atoms with Crippen LogP contribution in [0.4, 0.5) is 0 Å². The van der Waals surface area contributed by atoms with Gasteiger partial charge in [-0.15, -0.1) is 11.8 Å². The van der Waals surface area contributed by atoms with Crippen LogP contribution in [0, 0.1) is 0 Å². The molecular formula is C13H18ClNO2S. The van der Waals surface area contributed by atoms with Crippen molar-refractivity contribution in [1.82, 2.24) is 0 Å². The fourth-order valence-electron chi connectivity index (χ4n) is 2.32. The minimum atomic E-state index is -0.479. The molecular weight excluding hydrogens is 270 g/mol. The van der Waals surface area contributed by atoms with Gasteiger partial charge in [0.25, 0.3) is 0 Å². The van der Waals surface area contributed by atoms with E-state index in [0.29, 0.717) is 6.54 Å². The third-order valence-electron chi connectivity index (χ3n) is 3.46. The van der Waals surface area contributed by atoms with Gasteiger partial charge in [-0.05, 0) is 12.1 Å². The zero-order valence-corrected chi connectivity index (χ0v) is 12.2. The van der Waals surface area contributed by atoms with Crippen LogP contribution in [-0.2, 0) is 9.47 Å².